The van der Waals surface area contributed by atoms with Crippen LogP contribution in [-0.4, -0.2) is 41.4 Å². The summed E-state index contributed by atoms with van der Waals surface area (Å²) >= 11 is 0. The van der Waals surface area contributed by atoms with Crippen molar-refractivity contribution < 1.29 is 4.39 Å². The highest BCUT2D eigenvalue weighted by Crippen LogP contribution is 2.18. The van der Waals surface area contributed by atoms with Crippen molar-refractivity contribution in [3.63, 3.8) is 0 Å². The fourth-order valence-corrected chi connectivity index (χ4v) is 2.36. The Balaban J connectivity index is 1.68. The first kappa shape index (κ1) is 13.5. The number of piperazine rings is 1. The Bertz CT molecular complexity index is 677. The molecule has 1 aromatic heterocycles. The molecule has 1 N–H and O–H groups in total. The van der Waals surface area contributed by atoms with Gasteiger partial charge in [0, 0.05) is 31.9 Å². The highest BCUT2D eigenvalue weighted by Gasteiger charge is 2.19. The summed E-state index contributed by atoms with van der Waals surface area (Å²) in [4.78, 5) is 18.5. The molecule has 7 heteroatoms. The van der Waals surface area contributed by atoms with Gasteiger partial charge in [-0.15, -0.1) is 10.2 Å². The zero-order chi connectivity index (χ0) is 14.8. The third-order valence-corrected chi connectivity index (χ3v) is 3.62. The van der Waals surface area contributed by atoms with Crippen LogP contribution in [0.2, 0.25) is 0 Å². The number of halogens is 1. The van der Waals surface area contributed by atoms with Crippen LogP contribution in [0.15, 0.2) is 29.1 Å². The highest BCUT2D eigenvalue weighted by atomic mass is 19.1. The van der Waals surface area contributed by atoms with Crippen molar-refractivity contribution >= 4 is 11.6 Å². The fourth-order valence-electron chi connectivity index (χ4n) is 2.36. The van der Waals surface area contributed by atoms with E-state index in [2.05, 4.69) is 20.1 Å². The molecule has 0 radical (unpaired) electrons. The normalized spacial score (nSPS) is 15.3. The summed E-state index contributed by atoms with van der Waals surface area (Å²) in [7, 11) is 0. The Hall–Kier alpha value is -2.44. The minimum atomic E-state index is -0.232. The average molecular weight is 289 g/mol. The summed E-state index contributed by atoms with van der Waals surface area (Å²) in [5.74, 6) is 0.272. The van der Waals surface area contributed by atoms with Crippen LogP contribution in [0.5, 0.6) is 0 Å². The average Bonchev–Trinajstić information content (AvgIpc) is 2.51. The molecule has 0 unspecified atom stereocenters. The summed E-state index contributed by atoms with van der Waals surface area (Å²) in [5.41, 5.74) is 1.16. The zero-order valence-electron chi connectivity index (χ0n) is 11.7. The van der Waals surface area contributed by atoms with Crippen molar-refractivity contribution in [1.29, 1.82) is 0 Å². The Kier molecular flexibility index (Phi) is 3.55. The Morgan fingerprint density at radius 2 is 1.67 bits per heavy atom. The fraction of sp³-hybridized carbons (Fsp3) is 0.357. The minimum absolute atomic E-state index is 0.207. The lowest BCUT2D eigenvalue weighted by Gasteiger charge is -2.36. The smallest absolute Gasteiger partial charge is 0.273 e. The second-order valence-electron chi connectivity index (χ2n) is 5.01. The van der Waals surface area contributed by atoms with Crippen LogP contribution in [0.3, 0.4) is 0 Å². The first-order chi connectivity index (χ1) is 10.1. The van der Waals surface area contributed by atoms with Crippen LogP contribution < -0.4 is 15.4 Å². The van der Waals surface area contributed by atoms with E-state index in [-0.39, 0.29) is 11.4 Å². The molecule has 1 saturated heterocycles. The van der Waals surface area contributed by atoms with Gasteiger partial charge in [0.15, 0.2) is 0 Å². The Morgan fingerprint density at radius 1 is 1.05 bits per heavy atom. The van der Waals surface area contributed by atoms with E-state index in [9.17, 15) is 9.18 Å². The van der Waals surface area contributed by atoms with Crippen molar-refractivity contribution in [3.8, 4) is 0 Å². The third kappa shape index (κ3) is 2.86. The van der Waals surface area contributed by atoms with Crippen molar-refractivity contribution in [2.45, 2.75) is 6.92 Å². The minimum Gasteiger partial charge on any atom is -0.368 e. The largest absolute Gasteiger partial charge is 0.368 e. The topological polar surface area (TPSA) is 65.1 Å². The van der Waals surface area contributed by atoms with Crippen LogP contribution in [-0.2, 0) is 0 Å². The van der Waals surface area contributed by atoms with Gasteiger partial charge in [0.2, 0.25) is 5.95 Å². The molecule has 1 fully saturated rings. The molecular formula is C14H16FN5O. The monoisotopic (exact) mass is 289 g/mol. The number of benzene rings is 1. The number of hydrogen-bond acceptors (Lipinski definition) is 5. The lowest BCUT2D eigenvalue weighted by Crippen LogP contribution is -2.47. The van der Waals surface area contributed by atoms with Gasteiger partial charge in [0.05, 0.1) is 0 Å². The predicted molar refractivity (Wildman–Crippen MR) is 78.2 cm³/mol. The maximum atomic E-state index is 12.9. The summed E-state index contributed by atoms with van der Waals surface area (Å²) in [6.45, 7) is 4.64. The summed E-state index contributed by atoms with van der Waals surface area (Å²) in [6, 6.07) is 6.48. The standard InChI is InChI=1S/C14H16FN5O/c1-10-13(21)16-14(18-17-10)20-8-6-19(7-9-20)12-4-2-11(15)3-5-12/h2-5H,6-9H2,1H3,(H,16,18,21). The Morgan fingerprint density at radius 3 is 2.29 bits per heavy atom. The molecule has 0 saturated carbocycles. The van der Waals surface area contributed by atoms with E-state index in [1.807, 2.05) is 4.90 Å². The van der Waals surface area contributed by atoms with Gasteiger partial charge in [-0.2, -0.15) is 0 Å². The number of nitrogens with zero attached hydrogens (tertiary/aromatic N) is 4. The van der Waals surface area contributed by atoms with E-state index in [1.54, 1.807) is 19.1 Å². The number of nitrogens with one attached hydrogen (secondary N) is 1. The van der Waals surface area contributed by atoms with Crippen molar-refractivity contribution in [2.24, 2.45) is 0 Å². The van der Waals surface area contributed by atoms with Crippen LogP contribution in [0.4, 0.5) is 16.0 Å². The summed E-state index contributed by atoms with van der Waals surface area (Å²) < 4.78 is 12.9. The maximum absolute atomic E-state index is 12.9. The molecule has 21 heavy (non-hydrogen) atoms. The van der Waals surface area contributed by atoms with Crippen LogP contribution in [0.25, 0.3) is 0 Å². The van der Waals surface area contributed by atoms with Gasteiger partial charge < -0.3 is 9.80 Å². The molecule has 1 aliphatic heterocycles. The van der Waals surface area contributed by atoms with Crippen LogP contribution in [0, 0.1) is 12.7 Å². The SMILES string of the molecule is Cc1nnc(N2CCN(c3ccc(F)cc3)CC2)[nH]c1=O. The van der Waals surface area contributed by atoms with Gasteiger partial charge in [-0.25, -0.2) is 4.39 Å². The molecule has 0 aliphatic carbocycles. The second-order valence-corrected chi connectivity index (χ2v) is 5.01. The van der Waals surface area contributed by atoms with Gasteiger partial charge in [-0.1, -0.05) is 0 Å². The lowest BCUT2D eigenvalue weighted by atomic mass is 10.2. The zero-order valence-corrected chi connectivity index (χ0v) is 11.7. The molecule has 2 aromatic rings. The van der Waals surface area contributed by atoms with E-state index in [0.29, 0.717) is 11.6 Å². The third-order valence-electron chi connectivity index (χ3n) is 3.62. The van der Waals surface area contributed by atoms with Crippen molar-refractivity contribution in [3.05, 3.63) is 46.1 Å². The first-order valence-electron chi connectivity index (χ1n) is 6.82. The van der Waals surface area contributed by atoms with E-state index >= 15 is 0 Å². The van der Waals surface area contributed by atoms with Gasteiger partial charge in [-0.3, -0.25) is 9.78 Å². The second kappa shape index (κ2) is 5.51. The molecule has 6 nitrogen and oxygen atoms in total. The van der Waals surface area contributed by atoms with Gasteiger partial charge in [0.25, 0.3) is 5.56 Å². The Labute approximate surface area is 121 Å². The van der Waals surface area contributed by atoms with Crippen molar-refractivity contribution in [1.82, 2.24) is 15.2 Å². The molecule has 0 spiro atoms. The number of hydrogen-bond donors (Lipinski definition) is 1. The van der Waals surface area contributed by atoms with E-state index in [0.717, 1.165) is 31.9 Å². The molecule has 3 rings (SSSR count). The van der Waals surface area contributed by atoms with Crippen molar-refractivity contribution in [2.75, 3.05) is 36.0 Å². The number of rotatable bonds is 2. The maximum Gasteiger partial charge on any atom is 0.273 e. The van der Waals surface area contributed by atoms with Gasteiger partial charge in [-0.05, 0) is 31.2 Å². The predicted octanol–water partition coefficient (Wildman–Crippen LogP) is 0.939. The van der Waals surface area contributed by atoms with Gasteiger partial charge in [0.1, 0.15) is 11.5 Å². The number of anilines is 2. The van der Waals surface area contributed by atoms with Crippen LogP contribution in [0.1, 0.15) is 5.69 Å². The van der Waals surface area contributed by atoms with E-state index in [1.165, 1.54) is 12.1 Å². The molecule has 110 valence electrons. The molecular weight excluding hydrogens is 273 g/mol. The first-order valence-corrected chi connectivity index (χ1v) is 6.82. The van der Waals surface area contributed by atoms with Crippen LogP contribution >= 0.6 is 0 Å². The highest BCUT2D eigenvalue weighted by molar-refractivity contribution is 5.48. The molecule has 1 aliphatic rings. The molecule has 0 bridgehead atoms. The van der Waals surface area contributed by atoms with E-state index in [4.69, 9.17) is 0 Å². The molecule has 0 atom stereocenters. The number of aromatic amines is 1. The molecule has 2 heterocycles. The summed E-state index contributed by atoms with van der Waals surface area (Å²) in [6.07, 6.45) is 0. The number of H-pyrrole nitrogens is 1. The molecule has 1 aromatic carbocycles. The lowest BCUT2D eigenvalue weighted by molar-refractivity contribution is 0.621. The molecule has 0 amide bonds. The van der Waals surface area contributed by atoms with Gasteiger partial charge >= 0.3 is 0 Å². The summed E-state index contributed by atoms with van der Waals surface area (Å²) in [5, 5.41) is 7.87. The van der Waals surface area contributed by atoms with E-state index < -0.39 is 0 Å². The number of aromatic nitrogens is 3. The number of aryl methyl sites for hydroxylation is 1. The quantitative estimate of drug-likeness (QED) is 0.891.